The lowest BCUT2D eigenvalue weighted by Gasteiger charge is -2.11. The maximum absolute atomic E-state index is 11.0. The third kappa shape index (κ3) is 1.95. The van der Waals surface area contributed by atoms with Gasteiger partial charge in [0.25, 0.3) is 0 Å². The van der Waals surface area contributed by atoms with Gasteiger partial charge in [0.1, 0.15) is 0 Å². The molecule has 78 valence electrons. The summed E-state index contributed by atoms with van der Waals surface area (Å²) < 4.78 is 1.67. The first kappa shape index (κ1) is 10.8. The van der Waals surface area contributed by atoms with Crippen molar-refractivity contribution in [2.45, 2.75) is 39.7 Å². The Morgan fingerprint density at radius 3 is 2.50 bits per heavy atom. The molecule has 1 N–H and O–H groups in total. The standard InChI is InChI=1S/C10H16N2O2/c1-4-8(5-2)12-6-9(14)10(11-12)7(3)13/h6,8,14H,4-5H2,1-3H3. The molecule has 0 bridgehead atoms. The molecule has 4 heteroatoms. The van der Waals surface area contributed by atoms with Gasteiger partial charge in [0.2, 0.25) is 0 Å². The van der Waals surface area contributed by atoms with Crippen molar-refractivity contribution in [1.82, 2.24) is 9.78 Å². The zero-order chi connectivity index (χ0) is 10.7. The number of nitrogens with zero attached hydrogens (tertiary/aromatic N) is 2. The molecule has 0 aliphatic carbocycles. The van der Waals surface area contributed by atoms with Crippen LogP contribution in [0.2, 0.25) is 0 Å². The Balaban J connectivity index is 3.01. The molecule has 4 nitrogen and oxygen atoms in total. The number of carbonyl (C=O) groups excluding carboxylic acids is 1. The topological polar surface area (TPSA) is 55.1 Å². The van der Waals surface area contributed by atoms with E-state index in [4.69, 9.17) is 0 Å². The molecule has 1 heterocycles. The Kier molecular flexibility index (Phi) is 3.28. The number of Topliss-reactive ketones (excluding diaryl/α,β-unsaturated/α-hetero) is 1. The van der Waals surface area contributed by atoms with Crippen molar-refractivity contribution in [2.75, 3.05) is 0 Å². The second-order valence-electron chi connectivity index (χ2n) is 3.37. The molecule has 0 aromatic carbocycles. The minimum Gasteiger partial charge on any atom is -0.504 e. The van der Waals surface area contributed by atoms with Crippen LogP contribution < -0.4 is 0 Å². The van der Waals surface area contributed by atoms with E-state index in [2.05, 4.69) is 18.9 Å². The molecule has 0 saturated carbocycles. The molecular formula is C10H16N2O2. The van der Waals surface area contributed by atoms with Crippen molar-refractivity contribution in [2.24, 2.45) is 0 Å². The second-order valence-corrected chi connectivity index (χ2v) is 3.37. The number of aromatic hydroxyl groups is 1. The smallest absolute Gasteiger partial charge is 0.183 e. The lowest BCUT2D eigenvalue weighted by atomic mass is 10.2. The first-order valence-electron chi connectivity index (χ1n) is 4.89. The van der Waals surface area contributed by atoms with E-state index in [9.17, 15) is 9.90 Å². The number of hydrogen-bond acceptors (Lipinski definition) is 3. The predicted octanol–water partition coefficient (Wildman–Crippen LogP) is 2.15. The van der Waals surface area contributed by atoms with Gasteiger partial charge in [-0.25, -0.2) is 0 Å². The van der Waals surface area contributed by atoms with Gasteiger partial charge in [0.05, 0.1) is 12.2 Å². The van der Waals surface area contributed by atoms with Gasteiger partial charge >= 0.3 is 0 Å². The summed E-state index contributed by atoms with van der Waals surface area (Å²) in [6, 6.07) is 0.258. The van der Waals surface area contributed by atoms with Crippen LogP contribution in [0, 0.1) is 0 Å². The van der Waals surface area contributed by atoms with Crippen molar-refractivity contribution < 1.29 is 9.90 Å². The molecule has 1 aromatic heterocycles. The van der Waals surface area contributed by atoms with E-state index < -0.39 is 0 Å². The quantitative estimate of drug-likeness (QED) is 0.751. The number of carbonyl (C=O) groups is 1. The maximum Gasteiger partial charge on any atom is 0.183 e. The van der Waals surface area contributed by atoms with E-state index in [1.807, 2.05) is 0 Å². The largest absolute Gasteiger partial charge is 0.504 e. The van der Waals surface area contributed by atoms with E-state index in [1.54, 1.807) is 4.68 Å². The molecule has 1 rings (SSSR count). The van der Waals surface area contributed by atoms with Crippen LogP contribution in [0.15, 0.2) is 6.20 Å². The van der Waals surface area contributed by atoms with Crippen molar-refractivity contribution in [1.29, 1.82) is 0 Å². The lowest BCUT2D eigenvalue weighted by Crippen LogP contribution is -2.08. The summed E-state index contributed by atoms with van der Waals surface area (Å²) >= 11 is 0. The van der Waals surface area contributed by atoms with E-state index in [-0.39, 0.29) is 23.3 Å². The van der Waals surface area contributed by atoms with Crippen molar-refractivity contribution in [3.05, 3.63) is 11.9 Å². The van der Waals surface area contributed by atoms with Gasteiger partial charge in [-0.15, -0.1) is 0 Å². The molecule has 0 radical (unpaired) electrons. The molecule has 1 aromatic rings. The van der Waals surface area contributed by atoms with Crippen LogP contribution in [0.1, 0.15) is 50.1 Å². The molecule has 0 spiro atoms. The van der Waals surface area contributed by atoms with Gasteiger partial charge < -0.3 is 5.11 Å². The van der Waals surface area contributed by atoms with Gasteiger partial charge in [-0.2, -0.15) is 5.10 Å². The van der Waals surface area contributed by atoms with E-state index in [0.29, 0.717) is 0 Å². The van der Waals surface area contributed by atoms with Crippen LogP contribution in [0.25, 0.3) is 0 Å². The van der Waals surface area contributed by atoms with Gasteiger partial charge in [-0.3, -0.25) is 9.48 Å². The number of aromatic nitrogens is 2. The monoisotopic (exact) mass is 196 g/mol. The molecule has 0 fully saturated rings. The summed E-state index contributed by atoms with van der Waals surface area (Å²) in [7, 11) is 0. The highest BCUT2D eigenvalue weighted by Gasteiger charge is 2.15. The van der Waals surface area contributed by atoms with E-state index in [0.717, 1.165) is 12.8 Å². The zero-order valence-corrected chi connectivity index (χ0v) is 8.82. The first-order chi connectivity index (χ1) is 6.60. The van der Waals surface area contributed by atoms with Crippen molar-refractivity contribution in [3.8, 4) is 5.75 Å². The van der Waals surface area contributed by atoms with E-state index >= 15 is 0 Å². The highest BCUT2D eigenvalue weighted by atomic mass is 16.3. The van der Waals surface area contributed by atoms with Gasteiger partial charge in [0.15, 0.2) is 17.2 Å². The molecule has 0 unspecified atom stereocenters. The predicted molar refractivity (Wildman–Crippen MR) is 53.5 cm³/mol. The molecule has 0 amide bonds. The van der Waals surface area contributed by atoms with Gasteiger partial charge in [0, 0.05) is 6.92 Å². The Bertz CT molecular complexity index is 327. The van der Waals surface area contributed by atoms with Crippen LogP contribution in [0.4, 0.5) is 0 Å². The summed E-state index contributed by atoms with van der Waals surface area (Å²) in [6.07, 6.45) is 3.40. The van der Waals surface area contributed by atoms with Crippen LogP contribution in [0.3, 0.4) is 0 Å². The number of ketones is 1. The molecule has 0 aliphatic heterocycles. The normalized spacial score (nSPS) is 10.9. The average molecular weight is 196 g/mol. The van der Waals surface area contributed by atoms with Crippen molar-refractivity contribution >= 4 is 5.78 Å². The summed E-state index contributed by atoms with van der Waals surface area (Å²) in [5.74, 6) is -0.225. The molecular weight excluding hydrogens is 180 g/mol. The van der Waals surface area contributed by atoms with Gasteiger partial charge in [-0.1, -0.05) is 13.8 Å². The summed E-state index contributed by atoms with van der Waals surface area (Å²) in [4.78, 5) is 11.0. The van der Waals surface area contributed by atoms with Crippen LogP contribution in [0.5, 0.6) is 5.75 Å². The molecule has 0 atom stereocenters. The van der Waals surface area contributed by atoms with Crippen molar-refractivity contribution in [3.63, 3.8) is 0 Å². The first-order valence-corrected chi connectivity index (χ1v) is 4.89. The lowest BCUT2D eigenvalue weighted by molar-refractivity contribution is 0.100. The second kappa shape index (κ2) is 4.26. The maximum atomic E-state index is 11.0. The summed E-state index contributed by atoms with van der Waals surface area (Å²) in [5, 5.41) is 13.5. The minimum absolute atomic E-state index is 0.0237. The third-order valence-electron chi connectivity index (χ3n) is 2.36. The van der Waals surface area contributed by atoms with E-state index in [1.165, 1.54) is 13.1 Å². The third-order valence-corrected chi connectivity index (χ3v) is 2.36. The molecule has 0 saturated heterocycles. The highest BCUT2D eigenvalue weighted by molar-refractivity contribution is 5.94. The fraction of sp³-hybridized carbons (Fsp3) is 0.600. The summed E-state index contributed by atoms with van der Waals surface area (Å²) in [6.45, 7) is 5.51. The fourth-order valence-electron chi connectivity index (χ4n) is 1.48. The van der Waals surface area contributed by atoms with Gasteiger partial charge in [-0.05, 0) is 12.8 Å². The Morgan fingerprint density at radius 2 is 2.14 bits per heavy atom. The molecule has 14 heavy (non-hydrogen) atoms. The Hall–Kier alpha value is -1.32. The SMILES string of the molecule is CCC(CC)n1cc(O)c(C(C)=O)n1. The zero-order valence-electron chi connectivity index (χ0n) is 8.82. The van der Waals surface area contributed by atoms with Crippen LogP contribution in [-0.4, -0.2) is 20.7 Å². The minimum atomic E-state index is -0.202. The molecule has 0 aliphatic rings. The fourth-order valence-corrected chi connectivity index (χ4v) is 1.48. The Morgan fingerprint density at radius 1 is 1.57 bits per heavy atom. The highest BCUT2D eigenvalue weighted by Crippen LogP contribution is 2.21. The number of hydrogen-bond donors (Lipinski definition) is 1. The average Bonchev–Trinajstić information content (AvgIpc) is 2.50. The summed E-state index contributed by atoms with van der Waals surface area (Å²) in [5.41, 5.74) is 0.164. The number of rotatable bonds is 4. The van der Waals surface area contributed by atoms with Crippen LogP contribution >= 0.6 is 0 Å². The van der Waals surface area contributed by atoms with Crippen LogP contribution in [-0.2, 0) is 0 Å². The Labute approximate surface area is 83.5 Å².